The third-order valence-electron chi connectivity index (χ3n) is 6.34. The quantitative estimate of drug-likeness (QED) is 0.725. The molecule has 0 radical (unpaired) electrons. The molecule has 2 aliphatic rings. The number of nitrogens with one attached hydrogen (secondary N) is 1. The number of nitriles is 1. The second kappa shape index (κ2) is 10.1. The van der Waals surface area contributed by atoms with E-state index in [9.17, 15) is 14.9 Å². The monoisotopic (exact) mass is 436 g/mol. The number of amides is 2. The maximum absolute atomic E-state index is 12.7. The molecule has 3 heterocycles. The van der Waals surface area contributed by atoms with Crippen molar-refractivity contribution in [2.45, 2.75) is 64.3 Å². The zero-order valence-electron chi connectivity index (χ0n) is 17.7. The Morgan fingerprint density at radius 1 is 1.26 bits per heavy atom. The number of fused-ring (bicyclic) bond motifs is 1. The summed E-state index contributed by atoms with van der Waals surface area (Å²) in [6.45, 7) is 1.07. The number of carbonyl (C=O) groups excluding carboxylic acids is 2. The van der Waals surface area contributed by atoms with Crippen LogP contribution in [0.4, 0.5) is 5.00 Å². The van der Waals surface area contributed by atoms with Crippen molar-refractivity contribution in [3.8, 4) is 6.07 Å². The Balaban J connectivity index is 1.38. The van der Waals surface area contributed by atoms with E-state index in [1.165, 1.54) is 43.4 Å². The van der Waals surface area contributed by atoms with E-state index in [-0.39, 0.29) is 18.2 Å². The molecule has 1 fully saturated rings. The average Bonchev–Trinajstić information content (AvgIpc) is 3.15. The minimum Gasteiger partial charge on any atom is -0.337 e. The number of rotatable bonds is 6. The molecule has 1 aliphatic carbocycles. The van der Waals surface area contributed by atoms with Gasteiger partial charge in [0.15, 0.2) is 0 Å². The maximum Gasteiger partial charge on any atom is 0.228 e. The van der Waals surface area contributed by atoms with Crippen LogP contribution in [0.3, 0.4) is 0 Å². The van der Waals surface area contributed by atoms with Gasteiger partial charge in [-0.05, 0) is 36.5 Å². The second-order valence-electron chi connectivity index (χ2n) is 8.47. The van der Waals surface area contributed by atoms with Crippen molar-refractivity contribution >= 4 is 28.2 Å². The lowest BCUT2D eigenvalue weighted by Crippen LogP contribution is -2.36. The van der Waals surface area contributed by atoms with Crippen molar-refractivity contribution < 1.29 is 9.59 Å². The largest absolute Gasteiger partial charge is 0.337 e. The summed E-state index contributed by atoms with van der Waals surface area (Å²) >= 11 is 1.44. The standard InChI is InChI=1S/C24H28N4O2S/c25-15-20-19-11-13-28(23(30)14-18-8-4-5-12-26-18)16-21(19)31-24(20)27-22(29)10-9-17-6-2-1-3-7-17/h4-5,8,12,17H,1-3,6-7,9-11,13-14,16H2,(H,27,29). The van der Waals surface area contributed by atoms with Crippen LogP contribution in [0.25, 0.3) is 0 Å². The van der Waals surface area contributed by atoms with Crippen LogP contribution in [-0.4, -0.2) is 28.2 Å². The smallest absolute Gasteiger partial charge is 0.228 e. The lowest BCUT2D eigenvalue weighted by Gasteiger charge is -2.27. The molecule has 7 heteroatoms. The van der Waals surface area contributed by atoms with Crippen LogP contribution < -0.4 is 5.32 Å². The molecule has 2 aromatic rings. The minimum absolute atomic E-state index is 0.0104. The number of thiophene rings is 1. The highest BCUT2D eigenvalue weighted by Gasteiger charge is 2.27. The molecule has 0 spiro atoms. The van der Waals surface area contributed by atoms with Gasteiger partial charge in [-0.25, -0.2) is 0 Å². The number of hydrogen-bond donors (Lipinski definition) is 1. The highest BCUT2D eigenvalue weighted by molar-refractivity contribution is 7.16. The van der Waals surface area contributed by atoms with Gasteiger partial charge < -0.3 is 10.2 Å². The SMILES string of the molecule is N#Cc1c(NC(=O)CCC2CCCCC2)sc2c1CCN(C(=O)Cc1ccccn1)C2. The van der Waals surface area contributed by atoms with Crippen LogP contribution in [0.2, 0.25) is 0 Å². The summed E-state index contributed by atoms with van der Waals surface area (Å²) in [5.74, 6) is 0.684. The molecule has 1 aliphatic heterocycles. The molecule has 1 saturated carbocycles. The highest BCUT2D eigenvalue weighted by Crippen LogP contribution is 2.37. The molecule has 0 aromatic carbocycles. The molecule has 2 aromatic heterocycles. The Bertz CT molecular complexity index is 973. The Morgan fingerprint density at radius 3 is 2.84 bits per heavy atom. The van der Waals surface area contributed by atoms with Gasteiger partial charge in [0.25, 0.3) is 0 Å². The first-order valence-corrected chi connectivity index (χ1v) is 12.0. The molecular formula is C24H28N4O2S. The number of pyridine rings is 1. The van der Waals surface area contributed by atoms with Gasteiger partial charge in [0.1, 0.15) is 11.1 Å². The van der Waals surface area contributed by atoms with Crippen LogP contribution in [0.5, 0.6) is 0 Å². The molecular weight excluding hydrogens is 408 g/mol. The molecule has 0 bridgehead atoms. The lowest BCUT2D eigenvalue weighted by molar-refractivity contribution is -0.131. The lowest BCUT2D eigenvalue weighted by atomic mass is 9.86. The van der Waals surface area contributed by atoms with Crippen molar-refractivity contribution in [1.29, 1.82) is 5.26 Å². The highest BCUT2D eigenvalue weighted by atomic mass is 32.1. The third-order valence-corrected chi connectivity index (χ3v) is 7.47. The second-order valence-corrected chi connectivity index (χ2v) is 9.58. The van der Waals surface area contributed by atoms with E-state index >= 15 is 0 Å². The summed E-state index contributed by atoms with van der Waals surface area (Å²) in [6.07, 6.45) is 10.4. The molecule has 0 atom stereocenters. The Kier molecular flexibility index (Phi) is 6.98. The van der Waals surface area contributed by atoms with Crippen LogP contribution in [0, 0.1) is 17.2 Å². The molecule has 1 N–H and O–H groups in total. The first-order valence-electron chi connectivity index (χ1n) is 11.2. The fourth-order valence-corrected chi connectivity index (χ4v) is 5.82. The Hall–Kier alpha value is -2.72. The first-order chi connectivity index (χ1) is 15.1. The van der Waals surface area contributed by atoms with Gasteiger partial charge in [-0.15, -0.1) is 11.3 Å². The molecule has 6 nitrogen and oxygen atoms in total. The number of anilines is 1. The predicted octanol–water partition coefficient (Wildman–Crippen LogP) is 4.44. The van der Waals surface area contributed by atoms with E-state index in [2.05, 4.69) is 16.4 Å². The average molecular weight is 437 g/mol. The summed E-state index contributed by atoms with van der Waals surface area (Å²) in [7, 11) is 0. The van der Waals surface area contributed by atoms with Crippen LogP contribution >= 0.6 is 11.3 Å². The number of aromatic nitrogens is 1. The fourth-order valence-electron chi connectivity index (χ4n) is 4.59. The van der Waals surface area contributed by atoms with E-state index in [1.807, 2.05) is 23.1 Å². The molecule has 4 rings (SSSR count). The number of hydrogen-bond acceptors (Lipinski definition) is 5. The van der Waals surface area contributed by atoms with Gasteiger partial charge in [0.2, 0.25) is 11.8 Å². The summed E-state index contributed by atoms with van der Waals surface area (Å²) in [5.41, 5.74) is 2.31. The maximum atomic E-state index is 12.7. The number of nitrogens with zero attached hydrogens (tertiary/aromatic N) is 3. The molecule has 0 unspecified atom stereocenters. The summed E-state index contributed by atoms with van der Waals surface area (Å²) in [5, 5.41) is 13.3. The van der Waals surface area contributed by atoms with E-state index in [0.717, 1.165) is 22.6 Å². The third kappa shape index (κ3) is 5.31. The van der Waals surface area contributed by atoms with E-state index in [1.54, 1.807) is 6.20 Å². The fraction of sp³-hybridized carbons (Fsp3) is 0.500. The Morgan fingerprint density at radius 2 is 2.10 bits per heavy atom. The molecule has 0 saturated heterocycles. The van der Waals surface area contributed by atoms with Gasteiger partial charge in [-0.3, -0.25) is 14.6 Å². The summed E-state index contributed by atoms with van der Waals surface area (Å²) in [6, 6.07) is 7.85. The Labute approximate surface area is 187 Å². The van der Waals surface area contributed by atoms with Crippen molar-refractivity contribution in [3.05, 3.63) is 46.1 Å². The van der Waals surface area contributed by atoms with Crippen molar-refractivity contribution in [1.82, 2.24) is 9.88 Å². The van der Waals surface area contributed by atoms with E-state index in [0.29, 0.717) is 42.4 Å². The zero-order valence-corrected chi connectivity index (χ0v) is 18.5. The molecule has 2 amide bonds. The van der Waals surface area contributed by atoms with Gasteiger partial charge in [-0.2, -0.15) is 5.26 Å². The van der Waals surface area contributed by atoms with E-state index < -0.39 is 0 Å². The topological polar surface area (TPSA) is 86.1 Å². The predicted molar refractivity (Wildman–Crippen MR) is 121 cm³/mol. The minimum atomic E-state index is -0.0104. The zero-order chi connectivity index (χ0) is 21.6. The summed E-state index contributed by atoms with van der Waals surface area (Å²) < 4.78 is 0. The number of carbonyl (C=O) groups is 2. The van der Waals surface area contributed by atoms with Gasteiger partial charge in [0, 0.05) is 29.7 Å². The van der Waals surface area contributed by atoms with Gasteiger partial charge in [0.05, 0.1) is 18.5 Å². The normalized spacial score (nSPS) is 16.4. The van der Waals surface area contributed by atoms with Crippen molar-refractivity contribution in [2.24, 2.45) is 5.92 Å². The first kappa shape index (κ1) is 21.5. The summed E-state index contributed by atoms with van der Waals surface area (Å²) in [4.78, 5) is 32.3. The molecule has 162 valence electrons. The van der Waals surface area contributed by atoms with Crippen LogP contribution in [0.15, 0.2) is 24.4 Å². The van der Waals surface area contributed by atoms with Crippen LogP contribution in [0.1, 0.15) is 66.6 Å². The van der Waals surface area contributed by atoms with Crippen molar-refractivity contribution in [3.63, 3.8) is 0 Å². The van der Waals surface area contributed by atoms with Gasteiger partial charge in [-0.1, -0.05) is 38.2 Å². The van der Waals surface area contributed by atoms with E-state index in [4.69, 9.17) is 0 Å². The van der Waals surface area contributed by atoms with Crippen molar-refractivity contribution in [2.75, 3.05) is 11.9 Å². The van der Waals surface area contributed by atoms with Crippen LogP contribution in [-0.2, 0) is 29.0 Å². The van der Waals surface area contributed by atoms with Gasteiger partial charge >= 0.3 is 0 Å². The molecule has 31 heavy (non-hydrogen) atoms.